The fourth-order valence-electron chi connectivity index (χ4n) is 2.55. The molecule has 1 N–H and O–H groups in total. The third-order valence-corrected chi connectivity index (χ3v) is 4.99. The smallest absolute Gasteiger partial charge is 0.240 e. The number of carbonyl (C=O) groups is 2. The number of thioether (sulfide) groups is 1. The molecule has 0 aliphatic carbocycles. The highest BCUT2D eigenvalue weighted by molar-refractivity contribution is 8.00. The molecule has 0 saturated carbocycles. The minimum absolute atomic E-state index is 0.0370. The fraction of sp³-hybridized carbons (Fsp3) is 0.286. The van der Waals surface area contributed by atoms with Crippen LogP contribution in [0.4, 0.5) is 11.4 Å². The van der Waals surface area contributed by atoms with Gasteiger partial charge in [-0.3, -0.25) is 9.59 Å². The first-order valence-corrected chi connectivity index (χ1v) is 9.58. The molecule has 0 heterocycles. The molecule has 2 amide bonds. The van der Waals surface area contributed by atoms with Crippen molar-refractivity contribution in [2.24, 2.45) is 0 Å². The zero-order valence-corrected chi connectivity index (χ0v) is 16.5. The molecule has 0 saturated heterocycles. The van der Waals surface area contributed by atoms with E-state index in [0.29, 0.717) is 6.54 Å². The predicted molar refractivity (Wildman–Crippen MR) is 110 cm³/mol. The van der Waals surface area contributed by atoms with E-state index in [1.165, 1.54) is 18.7 Å². The van der Waals surface area contributed by atoms with Crippen molar-refractivity contribution in [3.8, 4) is 6.07 Å². The summed E-state index contributed by atoms with van der Waals surface area (Å²) in [6, 6.07) is 17.2. The summed E-state index contributed by atoms with van der Waals surface area (Å²) in [5.74, 6) is -0.157. The molecule has 0 bridgehead atoms. The van der Waals surface area contributed by atoms with E-state index in [-0.39, 0.29) is 23.5 Å². The van der Waals surface area contributed by atoms with Gasteiger partial charge in [-0.25, -0.2) is 0 Å². The van der Waals surface area contributed by atoms with Crippen LogP contribution >= 0.6 is 11.8 Å². The molecule has 0 radical (unpaired) electrons. The van der Waals surface area contributed by atoms with E-state index in [4.69, 9.17) is 5.26 Å². The van der Waals surface area contributed by atoms with Gasteiger partial charge in [-0.15, -0.1) is 11.8 Å². The molecule has 0 aliphatic heterocycles. The van der Waals surface area contributed by atoms with E-state index < -0.39 is 0 Å². The Kier molecular flexibility index (Phi) is 7.44. The number of benzene rings is 2. The summed E-state index contributed by atoms with van der Waals surface area (Å²) >= 11 is 1.45. The van der Waals surface area contributed by atoms with Gasteiger partial charge in [0.1, 0.15) is 0 Å². The second-order valence-electron chi connectivity index (χ2n) is 6.20. The highest BCUT2D eigenvalue weighted by Crippen LogP contribution is 2.27. The standard InChI is InChI=1S/C21H23N3O2S/c1-15-5-9-19(10-6-15)24(14-4-13-22)21(26)16(2)27-20-11-7-18(8-12-20)23-17(3)25/h5-12,16H,4,14H2,1-3H3,(H,23,25). The van der Waals surface area contributed by atoms with Crippen molar-refractivity contribution in [3.05, 3.63) is 54.1 Å². The van der Waals surface area contributed by atoms with Gasteiger partial charge in [0.25, 0.3) is 0 Å². The minimum Gasteiger partial charge on any atom is -0.326 e. The van der Waals surface area contributed by atoms with Crippen molar-refractivity contribution >= 4 is 35.0 Å². The van der Waals surface area contributed by atoms with Crippen molar-refractivity contribution in [2.45, 2.75) is 37.3 Å². The second-order valence-corrected chi connectivity index (χ2v) is 7.61. The van der Waals surface area contributed by atoms with Gasteiger partial charge in [-0.2, -0.15) is 5.26 Å². The van der Waals surface area contributed by atoms with Gasteiger partial charge < -0.3 is 10.2 Å². The third kappa shape index (κ3) is 6.15. The van der Waals surface area contributed by atoms with Crippen LogP contribution in [0.2, 0.25) is 0 Å². The zero-order valence-electron chi connectivity index (χ0n) is 15.7. The predicted octanol–water partition coefficient (Wildman–Crippen LogP) is 4.38. The Morgan fingerprint density at radius 1 is 1.15 bits per heavy atom. The summed E-state index contributed by atoms with van der Waals surface area (Å²) in [7, 11) is 0. The molecular weight excluding hydrogens is 358 g/mol. The average Bonchev–Trinajstić information content (AvgIpc) is 2.64. The van der Waals surface area contributed by atoms with Crippen LogP contribution in [0.1, 0.15) is 25.8 Å². The number of anilines is 2. The number of carbonyl (C=O) groups excluding carboxylic acids is 2. The Labute approximate surface area is 164 Å². The molecule has 1 unspecified atom stereocenters. The lowest BCUT2D eigenvalue weighted by Crippen LogP contribution is -2.37. The van der Waals surface area contributed by atoms with E-state index >= 15 is 0 Å². The number of hydrogen-bond acceptors (Lipinski definition) is 4. The van der Waals surface area contributed by atoms with Gasteiger partial charge in [0.2, 0.25) is 11.8 Å². The molecule has 0 aromatic heterocycles. The van der Waals surface area contributed by atoms with Crippen molar-refractivity contribution in [1.82, 2.24) is 0 Å². The van der Waals surface area contributed by atoms with Crippen molar-refractivity contribution in [3.63, 3.8) is 0 Å². The number of amides is 2. The van der Waals surface area contributed by atoms with Crippen LogP contribution in [-0.4, -0.2) is 23.6 Å². The molecule has 2 aromatic carbocycles. The normalized spacial score (nSPS) is 11.3. The summed E-state index contributed by atoms with van der Waals surface area (Å²) in [4.78, 5) is 26.7. The highest BCUT2D eigenvalue weighted by atomic mass is 32.2. The van der Waals surface area contributed by atoms with Gasteiger partial charge >= 0.3 is 0 Å². The molecular formula is C21H23N3O2S. The fourth-order valence-corrected chi connectivity index (χ4v) is 3.48. The summed E-state index contributed by atoms with van der Waals surface area (Å²) in [6.07, 6.45) is 0.280. The quantitative estimate of drug-likeness (QED) is 0.722. The molecule has 1 atom stereocenters. The van der Waals surface area contributed by atoms with Gasteiger partial charge in [-0.1, -0.05) is 17.7 Å². The summed E-state index contributed by atoms with van der Waals surface area (Å²) in [5.41, 5.74) is 2.64. The van der Waals surface area contributed by atoms with Crippen molar-refractivity contribution in [2.75, 3.05) is 16.8 Å². The lowest BCUT2D eigenvalue weighted by molar-refractivity contribution is -0.118. The number of hydrogen-bond donors (Lipinski definition) is 1. The van der Waals surface area contributed by atoms with Gasteiger partial charge in [-0.05, 0) is 50.2 Å². The topological polar surface area (TPSA) is 73.2 Å². The third-order valence-electron chi connectivity index (χ3n) is 3.89. The number of nitriles is 1. The number of rotatable bonds is 7. The maximum absolute atomic E-state index is 13.0. The lowest BCUT2D eigenvalue weighted by atomic mass is 10.2. The molecule has 0 aliphatic rings. The largest absolute Gasteiger partial charge is 0.326 e. The summed E-state index contributed by atoms with van der Waals surface area (Å²) in [6.45, 7) is 5.69. The van der Waals surface area contributed by atoms with Gasteiger partial charge in [0.05, 0.1) is 17.7 Å². The molecule has 27 heavy (non-hydrogen) atoms. The average molecular weight is 382 g/mol. The van der Waals surface area contributed by atoms with Crippen LogP contribution in [0.5, 0.6) is 0 Å². The summed E-state index contributed by atoms with van der Waals surface area (Å²) < 4.78 is 0. The van der Waals surface area contributed by atoms with E-state index in [1.54, 1.807) is 4.90 Å². The van der Waals surface area contributed by atoms with E-state index in [9.17, 15) is 9.59 Å². The van der Waals surface area contributed by atoms with Crippen LogP contribution in [0.3, 0.4) is 0 Å². The zero-order chi connectivity index (χ0) is 19.8. The van der Waals surface area contributed by atoms with Crippen molar-refractivity contribution in [1.29, 1.82) is 5.26 Å². The maximum Gasteiger partial charge on any atom is 0.240 e. The number of nitrogens with one attached hydrogen (secondary N) is 1. The summed E-state index contributed by atoms with van der Waals surface area (Å²) in [5, 5.41) is 11.3. The Morgan fingerprint density at radius 2 is 1.78 bits per heavy atom. The SMILES string of the molecule is CC(=O)Nc1ccc(SC(C)C(=O)N(CCC#N)c2ccc(C)cc2)cc1. The first-order chi connectivity index (χ1) is 12.9. The Hall–Kier alpha value is -2.78. The van der Waals surface area contributed by atoms with Crippen LogP contribution in [-0.2, 0) is 9.59 Å². The van der Waals surface area contributed by atoms with E-state index in [1.807, 2.05) is 62.4 Å². The first-order valence-electron chi connectivity index (χ1n) is 8.70. The Bertz CT molecular complexity index is 826. The van der Waals surface area contributed by atoms with Crippen LogP contribution in [0, 0.1) is 18.3 Å². The molecule has 5 nitrogen and oxygen atoms in total. The molecule has 6 heteroatoms. The van der Waals surface area contributed by atoms with Gasteiger partial charge in [0, 0.05) is 29.7 Å². The molecule has 0 spiro atoms. The maximum atomic E-state index is 13.0. The van der Waals surface area contributed by atoms with E-state index in [2.05, 4.69) is 11.4 Å². The molecule has 0 fully saturated rings. The molecule has 2 aromatic rings. The van der Waals surface area contributed by atoms with E-state index in [0.717, 1.165) is 21.8 Å². The Morgan fingerprint density at radius 3 is 2.33 bits per heavy atom. The van der Waals surface area contributed by atoms with Crippen molar-refractivity contribution < 1.29 is 9.59 Å². The second kappa shape index (κ2) is 9.79. The Balaban J connectivity index is 2.10. The van der Waals surface area contributed by atoms with Crippen LogP contribution < -0.4 is 10.2 Å². The van der Waals surface area contributed by atoms with Gasteiger partial charge in [0.15, 0.2) is 0 Å². The van der Waals surface area contributed by atoms with Crippen LogP contribution in [0.15, 0.2) is 53.4 Å². The molecule has 2 rings (SSSR count). The number of aryl methyl sites for hydroxylation is 1. The lowest BCUT2D eigenvalue weighted by Gasteiger charge is -2.25. The number of nitrogens with zero attached hydrogens (tertiary/aromatic N) is 2. The molecule has 140 valence electrons. The first kappa shape index (κ1) is 20.5. The highest BCUT2D eigenvalue weighted by Gasteiger charge is 2.22. The monoisotopic (exact) mass is 381 g/mol. The van der Waals surface area contributed by atoms with Crippen LogP contribution in [0.25, 0.3) is 0 Å². The minimum atomic E-state index is -0.309.